The number of carbonyl (C=O) groups excluding carboxylic acids is 1. The average molecular weight is 444 g/mol. The number of methoxy groups -OCH3 is 2. The maximum absolute atomic E-state index is 13.3. The van der Waals surface area contributed by atoms with E-state index < -0.39 is 28.3 Å². The molecular formula is C22H21FN2O5S. The standard InChI is InChI=1S/C22H21FN2O5S/c1-29-18-11-9-17(10-12-18)25(31(27,28)19-13-7-16(23)8-14-19)15-22(26)24-20-5-3-4-6-21(20)30-2/h3-14H,15H2,1-2H3,(H,24,26). The third-order valence-corrected chi connectivity index (χ3v) is 6.22. The second kappa shape index (κ2) is 9.48. The van der Waals surface area contributed by atoms with Gasteiger partial charge >= 0.3 is 0 Å². The lowest BCUT2D eigenvalue weighted by Crippen LogP contribution is -2.38. The molecule has 0 unspecified atom stereocenters. The molecule has 0 aliphatic heterocycles. The normalized spacial score (nSPS) is 10.9. The molecule has 3 aromatic carbocycles. The lowest BCUT2D eigenvalue weighted by molar-refractivity contribution is -0.114. The summed E-state index contributed by atoms with van der Waals surface area (Å²) < 4.78 is 51.1. The summed E-state index contributed by atoms with van der Waals surface area (Å²) in [5, 5.41) is 2.66. The molecule has 3 aromatic rings. The smallest absolute Gasteiger partial charge is 0.264 e. The number of sulfonamides is 1. The van der Waals surface area contributed by atoms with Crippen LogP contribution in [0.5, 0.6) is 11.5 Å². The first-order valence-electron chi connectivity index (χ1n) is 9.20. The van der Waals surface area contributed by atoms with Crippen molar-refractivity contribution < 1.29 is 27.1 Å². The Balaban J connectivity index is 1.95. The molecule has 1 amide bonds. The Bertz CT molecular complexity index is 1150. The lowest BCUT2D eigenvalue weighted by atomic mass is 10.3. The predicted molar refractivity (Wildman–Crippen MR) is 116 cm³/mol. The molecule has 7 nitrogen and oxygen atoms in total. The fourth-order valence-corrected chi connectivity index (χ4v) is 4.29. The number of halogens is 1. The number of ether oxygens (including phenoxy) is 2. The van der Waals surface area contributed by atoms with Gasteiger partial charge in [0.15, 0.2) is 0 Å². The molecule has 0 aromatic heterocycles. The fraction of sp³-hybridized carbons (Fsp3) is 0.136. The van der Waals surface area contributed by atoms with Crippen molar-refractivity contribution >= 4 is 27.3 Å². The average Bonchev–Trinajstić information content (AvgIpc) is 2.78. The van der Waals surface area contributed by atoms with Gasteiger partial charge in [-0.2, -0.15) is 0 Å². The van der Waals surface area contributed by atoms with E-state index >= 15 is 0 Å². The summed E-state index contributed by atoms with van der Waals surface area (Å²) in [7, 11) is -1.20. The van der Waals surface area contributed by atoms with Crippen LogP contribution in [0.2, 0.25) is 0 Å². The van der Waals surface area contributed by atoms with E-state index in [1.165, 1.54) is 26.4 Å². The van der Waals surface area contributed by atoms with Crippen LogP contribution in [0.15, 0.2) is 77.7 Å². The number of anilines is 2. The number of nitrogens with one attached hydrogen (secondary N) is 1. The van der Waals surface area contributed by atoms with E-state index in [-0.39, 0.29) is 10.6 Å². The van der Waals surface area contributed by atoms with Crippen molar-refractivity contribution in [3.05, 3.63) is 78.6 Å². The molecule has 0 heterocycles. The minimum Gasteiger partial charge on any atom is -0.497 e. The Kier molecular flexibility index (Phi) is 6.76. The quantitative estimate of drug-likeness (QED) is 0.573. The second-order valence-electron chi connectivity index (χ2n) is 6.41. The van der Waals surface area contributed by atoms with E-state index in [1.807, 2.05) is 0 Å². The van der Waals surface area contributed by atoms with Gasteiger partial charge in [-0.25, -0.2) is 12.8 Å². The van der Waals surface area contributed by atoms with Crippen molar-refractivity contribution in [2.75, 3.05) is 30.4 Å². The van der Waals surface area contributed by atoms with Crippen molar-refractivity contribution in [2.45, 2.75) is 4.90 Å². The van der Waals surface area contributed by atoms with Crippen molar-refractivity contribution in [3.63, 3.8) is 0 Å². The summed E-state index contributed by atoms with van der Waals surface area (Å²) in [5.41, 5.74) is 0.657. The zero-order valence-electron chi connectivity index (χ0n) is 16.9. The Morgan fingerprint density at radius 2 is 1.58 bits per heavy atom. The number of rotatable bonds is 8. The summed E-state index contributed by atoms with van der Waals surface area (Å²) in [6, 6.07) is 17.4. The van der Waals surface area contributed by atoms with Gasteiger partial charge in [-0.3, -0.25) is 9.10 Å². The molecule has 0 aliphatic carbocycles. The molecule has 0 fully saturated rings. The van der Waals surface area contributed by atoms with E-state index in [2.05, 4.69) is 5.32 Å². The van der Waals surface area contributed by atoms with Gasteiger partial charge in [0, 0.05) is 0 Å². The molecule has 0 saturated heterocycles. The van der Waals surface area contributed by atoms with E-state index in [1.54, 1.807) is 36.4 Å². The van der Waals surface area contributed by atoms with Crippen LogP contribution in [0, 0.1) is 5.82 Å². The number of hydrogen-bond acceptors (Lipinski definition) is 5. The lowest BCUT2D eigenvalue weighted by Gasteiger charge is -2.24. The summed E-state index contributed by atoms with van der Waals surface area (Å²) in [6.07, 6.45) is 0. The number of benzene rings is 3. The number of para-hydroxylation sites is 2. The van der Waals surface area contributed by atoms with Gasteiger partial charge < -0.3 is 14.8 Å². The largest absolute Gasteiger partial charge is 0.497 e. The highest BCUT2D eigenvalue weighted by Gasteiger charge is 2.27. The van der Waals surface area contributed by atoms with Crippen LogP contribution < -0.4 is 19.1 Å². The van der Waals surface area contributed by atoms with Crippen molar-refractivity contribution in [2.24, 2.45) is 0 Å². The van der Waals surface area contributed by atoms with Gasteiger partial charge in [0.2, 0.25) is 5.91 Å². The summed E-state index contributed by atoms with van der Waals surface area (Å²) >= 11 is 0. The molecule has 3 rings (SSSR count). The fourth-order valence-electron chi connectivity index (χ4n) is 2.87. The van der Waals surface area contributed by atoms with E-state index in [0.29, 0.717) is 17.2 Å². The second-order valence-corrected chi connectivity index (χ2v) is 8.27. The number of nitrogens with zero attached hydrogens (tertiary/aromatic N) is 1. The zero-order valence-corrected chi connectivity index (χ0v) is 17.7. The third-order valence-electron chi connectivity index (χ3n) is 4.43. The number of hydrogen-bond donors (Lipinski definition) is 1. The van der Waals surface area contributed by atoms with Crippen LogP contribution in [0.3, 0.4) is 0 Å². The Morgan fingerprint density at radius 3 is 2.19 bits per heavy atom. The Morgan fingerprint density at radius 1 is 0.935 bits per heavy atom. The van der Waals surface area contributed by atoms with Gasteiger partial charge in [-0.1, -0.05) is 12.1 Å². The van der Waals surface area contributed by atoms with Crippen LogP contribution in [0.25, 0.3) is 0 Å². The molecule has 0 radical (unpaired) electrons. The van der Waals surface area contributed by atoms with Crippen LogP contribution in [0.1, 0.15) is 0 Å². The predicted octanol–water partition coefficient (Wildman–Crippen LogP) is 3.68. The summed E-state index contributed by atoms with van der Waals surface area (Å²) in [6.45, 7) is -0.510. The highest BCUT2D eigenvalue weighted by Crippen LogP contribution is 2.27. The van der Waals surface area contributed by atoms with Gasteiger partial charge in [-0.05, 0) is 60.7 Å². The minimum atomic E-state index is -4.16. The number of amides is 1. The van der Waals surface area contributed by atoms with Gasteiger partial charge in [0.1, 0.15) is 23.9 Å². The van der Waals surface area contributed by atoms with Crippen LogP contribution >= 0.6 is 0 Å². The molecule has 0 bridgehead atoms. The first-order chi connectivity index (χ1) is 14.8. The number of carbonyl (C=O) groups is 1. The first kappa shape index (κ1) is 22.1. The van der Waals surface area contributed by atoms with Crippen LogP contribution in [-0.4, -0.2) is 35.1 Å². The maximum atomic E-state index is 13.3. The van der Waals surface area contributed by atoms with Gasteiger partial charge in [-0.15, -0.1) is 0 Å². The molecule has 1 N–H and O–H groups in total. The maximum Gasteiger partial charge on any atom is 0.264 e. The molecule has 0 atom stereocenters. The Labute approximate surface area is 180 Å². The zero-order chi connectivity index (χ0) is 22.4. The van der Waals surface area contributed by atoms with Gasteiger partial charge in [0.05, 0.1) is 30.5 Å². The summed E-state index contributed by atoms with van der Waals surface area (Å²) in [5.74, 6) is -0.176. The van der Waals surface area contributed by atoms with Crippen molar-refractivity contribution in [1.82, 2.24) is 0 Å². The molecule has 0 spiro atoms. The van der Waals surface area contributed by atoms with Crippen molar-refractivity contribution in [3.8, 4) is 11.5 Å². The minimum absolute atomic E-state index is 0.144. The third kappa shape index (κ3) is 5.13. The first-order valence-corrected chi connectivity index (χ1v) is 10.6. The van der Waals surface area contributed by atoms with E-state index in [0.717, 1.165) is 28.6 Å². The Hall–Kier alpha value is -3.59. The van der Waals surface area contributed by atoms with Crippen molar-refractivity contribution in [1.29, 1.82) is 0 Å². The van der Waals surface area contributed by atoms with E-state index in [9.17, 15) is 17.6 Å². The summed E-state index contributed by atoms with van der Waals surface area (Å²) in [4.78, 5) is 12.6. The SMILES string of the molecule is COc1ccc(N(CC(=O)Nc2ccccc2OC)S(=O)(=O)c2ccc(F)cc2)cc1. The topological polar surface area (TPSA) is 84.9 Å². The van der Waals surface area contributed by atoms with Gasteiger partial charge in [0.25, 0.3) is 10.0 Å². The molecule has 0 aliphatic rings. The highest BCUT2D eigenvalue weighted by atomic mass is 32.2. The van der Waals surface area contributed by atoms with Crippen LogP contribution in [-0.2, 0) is 14.8 Å². The highest BCUT2D eigenvalue weighted by molar-refractivity contribution is 7.92. The molecule has 0 saturated carbocycles. The molecule has 9 heteroatoms. The van der Waals surface area contributed by atoms with E-state index in [4.69, 9.17) is 9.47 Å². The monoisotopic (exact) mass is 444 g/mol. The molecule has 162 valence electrons. The van der Waals surface area contributed by atoms with Crippen LogP contribution in [0.4, 0.5) is 15.8 Å². The molecule has 31 heavy (non-hydrogen) atoms. The molecular weight excluding hydrogens is 423 g/mol.